The first-order chi connectivity index (χ1) is 16.1. The number of nitrogens with two attached hydrogens (primary N) is 1. The van der Waals surface area contributed by atoms with Crippen LogP contribution in [0.1, 0.15) is 36.0 Å². The fourth-order valence-corrected chi connectivity index (χ4v) is 4.17. The van der Waals surface area contributed by atoms with Crippen molar-refractivity contribution in [1.29, 1.82) is 0 Å². The highest BCUT2D eigenvalue weighted by Gasteiger charge is 2.19. The largest absolute Gasteiger partial charge is 0.366 e. The second-order valence-electron chi connectivity index (χ2n) is 8.42. The van der Waals surface area contributed by atoms with Crippen LogP contribution in [0.3, 0.4) is 0 Å². The second kappa shape index (κ2) is 9.30. The predicted molar refractivity (Wildman–Crippen MR) is 131 cm³/mol. The zero-order valence-electron chi connectivity index (χ0n) is 18.2. The Hall–Kier alpha value is -3.91. The van der Waals surface area contributed by atoms with E-state index in [1.807, 2.05) is 60.8 Å². The topological polar surface area (TPSA) is 109 Å². The molecule has 0 unspecified atom stereocenters. The average Bonchev–Trinajstić information content (AvgIpc) is 3.30. The summed E-state index contributed by atoms with van der Waals surface area (Å²) in [5.41, 5.74) is 9.68. The molecule has 1 aliphatic rings. The molecule has 2 heterocycles. The van der Waals surface area contributed by atoms with Crippen LogP contribution in [0.4, 0.5) is 22.9 Å². The van der Waals surface area contributed by atoms with Gasteiger partial charge in [0.2, 0.25) is 0 Å². The van der Waals surface area contributed by atoms with E-state index in [0.717, 1.165) is 48.6 Å². The quantitative estimate of drug-likeness (QED) is 0.353. The highest BCUT2D eigenvalue weighted by molar-refractivity contribution is 6.04. The van der Waals surface area contributed by atoms with Crippen LogP contribution in [0.25, 0.3) is 5.65 Å². The number of hydrogen-bond acceptors (Lipinski definition) is 6. The molecular weight excluding hydrogens is 414 g/mol. The summed E-state index contributed by atoms with van der Waals surface area (Å²) in [6.45, 7) is 0. The lowest BCUT2D eigenvalue weighted by Crippen LogP contribution is -2.33. The molecule has 0 aliphatic heterocycles. The monoisotopic (exact) mass is 441 g/mol. The van der Waals surface area contributed by atoms with E-state index in [2.05, 4.69) is 26.0 Å². The van der Waals surface area contributed by atoms with Gasteiger partial charge in [-0.1, -0.05) is 24.3 Å². The third kappa shape index (κ3) is 4.96. The fraction of sp³-hybridized carbons (Fsp3) is 0.240. The van der Waals surface area contributed by atoms with E-state index < -0.39 is 0 Å². The number of nitrogens with zero attached hydrogens (tertiary/aromatic N) is 3. The number of fused-ring (bicyclic) bond motifs is 1. The Morgan fingerprint density at radius 1 is 0.970 bits per heavy atom. The van der Waals surface area contributed by atoms with Gasteiger partial charge in [0.05, 0.1) is 5.69 Å². The van der Waals surface area contributed by atoms with Gasteiger partial charge in [0.1, 0.15) is 5.82 Å². The molecule has 8 heteroatoms. The number of carbonyl (C=O) groups is 1. The minimum atomic E-state index is -0.164. The molecule has 1 fully saturated rings. The Bertz CT molecular complexity index is 1250. The van der Waals surface area contributed by atoms with Crippen molar-refractivity contribution in [1.82, 2.24) is 14.6 Å². The molecule has 1 saturated carbocycles. The zero-order valence-corrected chi connectivity index (χ0v) is 18.2. The highest BCUT2D eigenvalue weighted by Crippen LogP contribution is 2.26. The van der Waals surface area contributed by atoms with Gasteiger partial charge in [0.15, 0.2) is 5.65 Å². The minimum absolute atomic E-state index is 0.164. The van der Waals surface area contributed by atoms with Gasteiger partial charge in [-0.3, -0.25) is 4.79 Å². The number of imidazole rings is 1. The SMILES string of the molecule is N[C@H]1CC[C@H](Nc2cc(Nc3cccc(C(=O)Nc4ccccc4)c3)c3nccn3n2)CC1. The summed E-state index contributed by atoms with van der Waals surface area (Å²) in [6, 6.07) is 19.4. The molecule has 33 heavy (non-hydrogen) atoms. The van der Waals surface area contributed by atoms with Crippen LogP contribution >= 0.6 is 0 Å². The molecule has 168 valence electrons. The average molecular weight is 442 g/mol. The number of para-hydroxylation sites is 1. The molecular formula is C25H27N7O. The molecule has 0 bridgehead atoms. The van der Waals surface area contributed by atoms with Crippen molar-refractivity contribution in [3.63, 3.8) is 0 Å². The van der Waals surface area contributed by atoms with Crippen molar-refractivity contribution in [2.75, 3.05) is 16.0 Å². The predicted octanol–water partition coefficient (Wildman–Crippen LogP) is 4.41. The molecule has 2 aromatic carbocycles. The number of benzene rings is 2. The number of anilines is 4. The number of rotatable bonds is 6. The summed E-state index contributed by atoms with van der Waals surface area (Å²) >= 11 is 0. The zero-order chi connectivity index (χ0) is 22.6. The van der Waals surface area contributed by atoms with Crippen LogP contribution in [-0.2, 0) is 0 Å². The molecule has 8 nitrogen and oxygen atoms in total. The third-order valence-electron chi connectivity index (χ3n) is 5.92. The first-order valence-electron chi connectivity index (χ1n) is 11.2. The smallest absolute Gasteiger partial charge is 0.255 e. The van der Waals surface area contributed by atoms with Crippen LogP contribution in [0.5, 0.6) is 0 Å². The van der Waals surface area contributed by atoms with Gasteiger partial charge in [-0.05, 0) is 56.0 Å². The summed E-state index contributed by atoms with van der Waals surface area (Å²) in [5, 5.41) is 14.5. The van der Waals surface area contributed by atoms with Crippen LogP contribution in [0.2, 0.25) is 0 Å². The lowest BCUT2D eigenvalue weighted by atomic mass is 9.92. The van der Waals surface area contributed by atoms with Crippen molar-refractivity contribution in [3.8, 4) is 0 Å². The molecule has 1 aliphatic carbocycles. The number of nitrogens with one attached hydrogen (secondary N) is 3. The van der Waals surface area contributed by atoms with Crippen molar-refractivity contribution >= 4 is 34.4 Å². The highest BCUT2D eigenvalue weighted by atomic mass is 16.1. The number of carbonyl (C=O) groups excluding carboxylic acids is 1. The number of hydrogen-bond donors (Lipinski definition) is 4. The van der Waals surface area contributed by atoms with Crippen molar-refractivity contribution in [2.24, 2.45) is 5.73 Å². The number of aromatic nitrogens is 3. The molecule has 5 N–H and O–H groups in total. The van der Waals surface area contributed by atoms with Gasteiger partial charge in [-0.15, -0.1) is 5.10 Å². The first kappa shape index (κ1) is 21.0. The molecule has 0 saturated heterocycles. The van der Waals surface area contributed by atoms with E-state index in [1.165, 1.54) is 0 Å². The van der Waals surface area contributed by atoms with Gasteiger partial charge in [0.25, 0.3) is 5.91 Å². The molecule has 0 radical (unpaired) electrons. The van der Waals surface area contributed by atoms with E-state index in [1.54, 1.807) is 16.8 Å². The molecule has 4 aromatic rings. The van der Waals surface area contributed by atoms with Crippen molar-refractivity contribution in [2.45, 2.75) is 37.8 Å². The van der Waals surface area contributed by atoms with E-state index in [9.17, 15) is 4.79 Å². The molecule has 0 atom stereocenters. The summed E-state index contributed by atoms with van der Waals surface area (Å²) in [5.74, 6) is 0.616. The van der Waals surface area contributed by atoms with Gasteiger partial charge in [-0.2, -0.15) is 0 Å². The Morgan fingerprint density at radius 3 is 2.58 bits per heavy atom. The standard InChI is InChI=1S/C25H27N7O/c26-18-9-11-20(12-10-18)29-23-16-22(24-27-13-14-32(24)31-23)28-21-8-4-5-17(15-21)25(33)30-19-6-2-1-3-7-19/h1-8,13-16,18,20,28H,9-12,26H2,(H,29,31)(H,30,33)/t18-,20-. The van der Waals surface area contributed by atoms with E-state index in [0.29, 0.717) is 23.3 Å². The maximum atomic E-state index is 12.7. The van der Waals surface area contributed by atoms with Gasteiger partial charge in [-0.25, -0.2) is 9.50 Å². The maximum absolute atomic E-state index is 12.7. The number of amides is 1. The molecule has 2 aromatic heterocycles. The fourth-order valence-electron chi connectivity index (χ4n) is 4.17. The van der Waals surface area contributed by atoms with Crippen molar-refractivity contribution in [3.05, 3.63) is 78.6 Å². The van der Waals surface area contributed by atoms with Gasteiger partial charge in [0, 0.05) is 47.5 Å². The summed E-state index contributed by atoms with van der Waals surface area (Å²) in [6.07, 6.45) is 7.66. The summed E-state index contributed by atoms with van der Waals surface area (Å²) in [4.78, 5) is 17.1. The Balaban J connectivity index is 1.36. The lowest BCUT2D eigenvalue weighted by Gasteiger charge is -2.27. The van der Waals surface area contributed by atoms with E-state index in [-0.39, 0.29) is 5.91 Å². The third-order valence-corrected chi connectivity index (χ3v) is 5.92. The first-order valence-corrected chi connectivity index (χ1v) is 11.2. The summed E-state index contributed by atoms with van der Waals surface area (Å²) < 4.78 is 1.76. The van der Waals surface area contributed by atoms with E-state index in [4.69, 9.17) is 5.73 Å². The Morgan fingerprint density at radius 2 is 1.76 bits per heavy atom. The van der Waals surface area contributed by atoms with Crippen LogP contribution < -0.4 is 21.7 Å². The van der Waals surface area contributed by atoms with Crippen LogP contribution in [0, 0.1) is 0 Å². The molecule has 1 amide bonds. The van der Waals surface area contributed by atoms with Crippen molar-refractivity contribution < 1.29 is 4.79 Å². The second-order valence-corrected chi connectivity index (χ2v) is 8.42. The normalized spacial score (nSPS) is 18.1. The minimum Gasteiger partial charge on any atom is -0.366 e. The van der Waals surface area contributed by atoms with Gasteiger partial charge < -0.3 is 21.7 Å². The molecule has 0 spiro atoms. The maximum Gasteiger partial charge on any atom is 0.255 e. The van der Waals surface area contributed by atoms with Crippen LogP contribution in [-0.4, -0.2) is 32.6 Å². The van der Waals surface area contributed by atoms with Crippen LogP contribution in [0.15, 0.2) is 73.1 Å². The Kier molecular flexibility index (Phi) is 5.91. The van der Waals surface area contributed by atoms with Gasteiger partial charge >= 0.3 is 0 Å². The lowest BCUT2D eigenvalue weighted by molar-refractivity contribution is 0.102. The van der Waals surface area contributed by atoms with E-state index >= 15 is 0 Å². The molecule has 5 rings (SSSR count). The Labute approximate surface area is 192 Å². The summed E-state index contributed by atoms with van der Waals surface area (Å²) in [7, 11) is 0.